The Morgan fingerprint density at radius 3 is 2.83 bits per heavy atom. The van der Waals surface area contributed by atoms with Crippen LogP contribution in [-0.2, 0) is 0 Å². The number of carbonyl (C=O) groups is 1. The first-order chi connectivity index (χ1) is 8.74. The number of aromatic nitrogens is 2. The van der Waals surface area contributed by atoms with Crippen molar-refractivity contribution in [3.8, 4) is 17.0 Å². The minimum Gasteiger partial charge on any atom is -0.494 e. The molecule has 0 aliphatic rings. The lowest BCUT2D eigenvalue weighted by molar-refractivity contribution is 0.111. The van der Waals surface area contributed by atoms with Crippen molar-refractivity contribution in [2.45, 2.75) is 13.8 Å². The van der Waals surface area contributed by atoms with Crippen molar-refractivity contribution in [3.05, 3.63) is 41.9 Å². The van der Waals surface area contributed by atoms with Crippen molar-refractivity contribution in [3.63, 3.8) is 0 Å². The van der Waals surface area contributed by atoms with E-state index < -0.39 is 0 Å². The van der Waals surface area contributed by atoms with Crippen LogP contribution in [0.5, 0.6) is 5.75 Å². The molecule has 0 N–H and O–H groups in total. The number of aryl methyl sites for hydroxylation is 1. The molecular formula is C14H14N2O2. The van der Waals surface area contributed by atoms with Crippen LogP contribution >= 0.6 is 0 Å². The van der Waals surface area contributed by atoms with Gasteiger partial charge in [-0.3, -0.25) is 4.79 Å². The van der Waals surface area contributed by atoms with Gasteiger partial charge in [0.15, 0.2) is 12.1 Å². The molecule has 1 aromatic heterocycles. The zero-order chi connectivity index (χ0) is 13.0. The highest BCUT2D eigenvalue weighted by Gasteiger charge is 2.05. The Kier molecular flexibility index (Phi) is 3.67. The molecule has 0 spiro atoms. The van der Waals surface area contributed by atoms with E-state index in [9.17, 15) is 4.79 Å². The average Bonchev–Trinajstić information content (AvgIpc) is 2.41. The monoisotopic (exact) mass is 242 g/mol. The summed E-state index contributed by atoms with van der Waals surface area (Å²) in [6.45, 7) is 4.58. The molecular weight excluding hydrogens is 228 g/mol. The minimum absolute atomic E-state index is 0.194. The lowest BCUT2D eigenvalue weighted by atomic mass is 10.1. The summed E-state index contributed by atoms with van der Waals surface area (Å²) >= 11 is 0. The number of benzene rings is 1. The number of aldehydes is 1. The molecule has 0 atom stereocenters. The first-order valence-electron chi connectivity index (χ1n) is 5.76. The Labute approximate surface area is 106 Å². The van der Waals surface area contributed by atoms with Crippen molar-refractivity contribution in [2.24, 2.45) is 0 Å². The number of ether oxygens (including phenoxy) is 1. The average molecular weight is 242 g/mol. The molecule has 0 saturated carbocycles. The molecule has 0 bridgehead atoms. The summed E-state index contributed by atoms with van der Waals surface area (Å²) in [5.74, 6) is 1.06. The van der Waals surface area contributed by atoms with Gasteiger partial charge in [0.1, 0.15) is 5.75 Å². The molecule has 0 unspecified atom stereocenters. The molecule has 0 amide bonds. The van der Waals surface area contributed by atoms with Crippen molar-refractivity contribution in [1.82, 2.24) is 9.97 Å². The third kappa shape index (κ3) is 2.53. The van der Waals surface area contributed by atoms with E-state index in [1.165, 1.54) is 0 Å². The van der Waals surface area contributed by atoms with Crippen LogP contribution in [0.3, 0.4) is 0 Å². The summed E-state index contributed by atoms with van der Waals surface area (Å²) in [6, 6.07) is 7.61. The lowest BCUT2D eigenvalue weighted by Gasteiger charge is -2.08. The van der Waals surface area contributed by atoms with E-state index in [1.807, 2.05) is 32.0 Å². The number of carbonyl (C=O) groups excluding carboxylic acids is 1. The molecule has 2 rings (SSSR count). The van der Waals surface area contributed by atoms with Crippen LogP contribution in [-0.4, -0.2) is 22.9 Å². The maximum Gasteiger partial charge on any atom is 0.193 e. The second-order valence-electron chi connectivity index (χ2n) is 3.83. The fourth-order valence-electron chi connectivity index (χ4n) is 1.72. The van der Waals surface area contributed by atoms with Gasteiger partial charge >= 0.3 is 0 Å². The number of nitrogens with zero attached hydrogens (tertiary/aromatic N) is 2. The fraction of sp³-hybridized carbons (Fsp3) is 0.214. The van der Waals surface area contributed by atoms with E-state index in [4.69, 9.17) is 4.74 Å². The quantitative estimate of drug-likeness (QED) is 0.773. The Hall–Kier alpha value is -2.23. The second-order valence-corrected chi connectivity index (χ2v) is 3.83. The summed E-state index contributed by atoms with van der Waals surface area (Å²) in [4.78, 5) is 18.7. The summed E-state index contributed by atoms with van der Waals surface area (Å²) in [6.07, 6.45) is 2.22. The topological polar surface area (TPSA) is 52.1 Å². The highest BCUT2D eigenvalue weighted by atomic mass is 16.5. The fourth-order valence-corrected chi connectivity index (χ4v) is 1.72. The van der Waals surface area contributed by atoms with Crippen LogP contribution in [0.4, 0.5) is 0 Å². The molecule has 0 aliphatic heterocycles. The van der Waals surface area contributed by atoms with Crippen molar-refractivity contribution >= 4 is 6.29 Å². The standard InChI is InChI=1S/C14H14N2O2/c1-3-18-13-5-4-11(8-10(13)2)12-6-7-15-14(9-17)16-12/h4-9H,3H2,1-2H3. The van der Waals surface area contributed by atoms with Gasteiger partial charge in [-0.1, -0.05) is 0 Å². The molecule has 0 aliphatic carbocycles. The maximum atomic E-state index is 10.7. The number of hydrogen-bond donors (Lipinski definition) is 0. The normalized spacial score (nSPS) is 10.1. The molecule has 1 heterocycles. The largest absolute Gasteiger partial charge is 0.494 e. The molecule has 92 valence electrons. The highest BCUT2D eigenvalue weighted by Crippen LogP contribution is 2.24. The van der Waals surface area contributed by atoms with E-state index >= 15 is 0 Å². The summed E-state index contributed by atoms with van der Waals surface area (Å²) in [5.41, 5.74) is 2.72. The number of rotatable bonds is 4. The first-order valence-corrected chi connectivity index (χ1v) is 5.76. The second kappa shape index (κ2) is 5.40. The molecule has 4 nitrogen and oxygen atoms in total. The van der Waals surface area contributed by atoms with Gasteiger partial charge in [0.2, 0.25) is 0 Å². The zero-order valence-electron chi connectivity index (χ0n) is 10.4. The summed E-state index contributed by atoms with van der Waals surface area (Å²) in [5, 5.41) is 0. The van der Waals surface area contributed by atoms with Crippen molar-refractivity contribution < 1.29 is 9.53 Å². The van der Waals surface area contributed by atoms with Gasteiger partial charge in [0, 0.05) is 11.8 Å². The molecule has 4 heteroatoms. The van der Waals surface area contributed by atoms with Crippen LogP contribution in [0.2, 0.25) is 0 Å². The SMILES string of the molecule is CCOc1ccc(-c2ccnc(C=O)n2)cc1C. The molecule has 1 aromatic carbocycles. The van der Waals surface area contributed by atoms with E-state index in [-0.39, 0.29) is 5.82 Å². The van der Waals surface area contributed by atoms with Crippen LogP contribution in [0, 0.1) is 6.92 Å². The van der Waals surface area contributed by atoms with Gasteiger partial charge < -0.3 is 4.74 Å². The maximum absolute atomic E-state index is 10.7. The van der Waals surface area contributed by atoms with Gasteiger partial charge in [-0.25, -0.2) is 9.97 Å². The first kappa shape index (κ1) is 12.2. The molecule has 2 aromatic rings. The molecule has 0 fully saturated rings. The van der Waals surface area contributed by atoms with E-state index in [0.29, 0.717) is 12.9 Å². The van der Waals surface area contributed by atoms with Crippen LogP contribution < -0.4 is 4.74 Å². The van der Waals surface area contributed by atoms with Gasteiger partial charge in [0.25, 0.3) is 0 Å². The third-order valence-corrected chi connectivity index (χ3v) is 2.55. The van der Waals surface area contributed by atoms with E-state index in [2.05, 4.69) is 9.97 Å². The van der Waals surface area contributed by atoms with E-state index in [0.717, 1.165) is 22.6 Å². The van der Waals surface area contributed by atoms with Crippen molar-refractivity contribution in [1.29, 1.82) is 0 Å². The number of hydrogen-bond acceptors (Lipinski definition) is 4. The lowest BCUT2D eigenvalue weighted by Crippen LogP contribution is -1.96. The smallest absolute Gasteiger partial charge is 0.193 e. The van der Waals surface area contributed by atoms with Crippen molar-refractivity contribution in [2.75, 3.05) is 6.61 Å². The summed E-state index contributed by atoms with van der Waals surface area (Å²) in [7, 11) is 0. The molecule has 0 saturated heterocycles. The highest BCUT2D eigenvalue weighted by molar-refractivity contribution is 5.71. The molecule has 0 radical (unpaired) electrons. The Morgan fingerprint density at radius 1 is 1.33 bits per heavy atom. The van der Waals surface area contributed by atoms with Gasteiger partial charge in [-0.05, 0) is 43.7 Å². The van der Waals surface area contributed by atoms with Crippen LogP contribution in [0.1, 0.15) is 23.1 Å². The Morgan fingerprint density at radius 2 is 2.17 bits per heavy atom. The predicted molar refractivity (Wildman–Crippen MR) is 68.8 cm³/mol. The summed E-state index contributed by atoms with van der Waals surface area (Å²) < 4.78 is 5.48. The Balaban J connectivity index is 2.38. The van der Waals surface area contributed by atoms with E-state index in [1.54, 1.807) is 12.3 Å². The Bertz CT molecular complexity index is 567. The predicted octanol–water partition coefficient (Wildman–Crippen LogP) is 2.66. The minimum atomic E-state index is 0.194. The third-order valence-electron chi connectivity index (χ3n) is 2.55. The van der Waals surface area contributed by atoms with Crippen LogP contribution in [0.15, 0.2) is 30.5 Å². The van der Waals surface area contributed by atoms with Gasteiger partial charge in [-0.2, -0.15) is 0 Å². The zero-order valence-corrected chi connectivity index (χ0v) is 10.4. The van der Waals surface area contributed by atoms with Crippen LogP contribution in [0.25, 0.3) is 11.3 Å². The van der Waals surface area contributed by atoms with Gasteiger partial charge in [0.05, 0.1) is 12.3 Å². The molecule has 18 heavy (non-hydrogen) atoms. The van der Waals surface area contributed by atoms with Gasteiger partial charge in [-0.15, -0.1) is 0 Å².